The van der Waals surface area contributed by atoms with E-state index in [2.05, 4.69) is 4.98 Å². The lowest BCUT2D eigenvalue weighted by Gasteiger charge is -2.18. The van der Waals surface area contributed by atoms with Crippen LogP contribution in [-0.2, 0) is 0 Å². The van der Waals surface area contributed by atoms with Crippen molar-refractivity contribution in [3.8, 4) is 0 Å². The topological polar surface area (TPSA) is 38.1 Å². The number of aromatic nitrogens is 2. The molecule has 0 spiro atoms. The number of aliphatic hydroxyl groups excluding tert-OH is 1. The Balaban J connectivity index is 2.53. The van der Waals surface area contributed by atoms with Crippen molar-refractivity contribution in [2.24, 2.45) is 0 Å². The van der Waals surface area contributed by atoms with Gasteiger partial charge in [-0.3, -0.25) is 0 Å². The lowest BCUT2D eigenvalue weighted by molar-refractivity contribution is 0.197. The van der Waals surface area contributed by atoms with E-state index in [9.17, 15) is 13.9 Å². The maximum Gasteiger partial charge on any atom is 0.135 e. The third-order valence-corrected chi connectivity index (χ3v) is 3.13. The molecule has 0 saturated heterocycles. The fourth-order valence-corrected chi connectivity index (χ4v) is 2.04. The number of rotatable bonds is 3. The summed E-state index contributed by atoms with van der Waals surface area (Å²) in [5.74, 6) is -1.48. The molecule has 0 saturated carbocycles. The van der Waals surface area contributed by atoms with Gasteiger partial charge in [0.1, 0.15) is 17.7 Å². The molecular weight excluding hydrogens is 250 g/mol. The van der Waals surface area contributed by atoms with Crippen molar-refractivity contribution in [3.63, 3.8) is 0 Å². The maximum atomic E-state index is 14.0. The molecule has 0 amide bonds. The van der Waals surface area contributed by atoms with Gasteiger partial charge >= 0.3 is 0 Å². The second-order valence-electron chi connectivity index (χ2n) is 4.81. The number of aryl methyl sites for hydroxylation is 1. The molecule has 102 valence electrons. The minimum Gasteiger partial charge on any atom is -0.382 e. The minimum atomic E-state index is -1.37. The third kappa shape index (κ3) is 2.38. The molecule has 1 heterocycles. The van der Waals surface area contributed by atoms with Gasteiger partial charge in [-0.2, -0.15) is 0 Å². The largest absolute Gasteiger partial charge is 0.382 e. The number of hydrogen-bond acceptors (Lipinski definition) is 2. The normalized spacial score (nSPS) is 13.0. The van der Waals surface area contributed by atoms with Crippen molar-refractivity contribution in [2.75, 3.05) is 0 Å². The average Bonchev–Trinajstić information content (AvgIpc) is 2.83. The number of benzene rings is 1. The van der Waals surface area contributed by atoms with Gasteiger partial charge in [0.25, 0.3) is 0 Å². The first kappa shape index (κ1) is 13.7. The van der Waals surface area contributed by atoms with E-state index in [1.54, 1.807) is 4.57 Å². The molecule has 0 aliphatic carbocycles. The van der Waals surface area contributed by atoms with Crippen LogP contribution in [-0.4, -0.2) is 14.7 Å². The van der Waals surface area contributed by atoms with Gasteiger partial charge in [-0.25, -0.2) is 13.8 Å². The molecule has 1 aromatic carbocycles. The quantitative estimate of drug-likeness (QED) is 0.926. The fourth-order valence-electron chi connectivity index (χ4n) is 2.04. The predicted molar refractivity (Wildman–Crippen MR) is 67.8 cm³/mol. The summed E-state index contributed by atoms with van der Waals surface area (Å²) in [5, 5.41) is 10.3. The van der Waals surface area contributed by atoms with Gasteiger partial charge < -0.3 is 9.67 Å². The molecule has 3 nitrogen and oxygen atoms in total. The highest BCUT2D eigenvalue weighted by molar-refractivity contribution is 5.32. The lowest BCUT2D eigenvalue weighted by atomic mass is 10.0. The lowest BCUT2D eigenvalue weighted by Crippen LogP contribution is -2.13. The summed E-state index contributed by atoms with van der Waals surface area (Å²) in [6, 6.07) is 2.55. The predicted octanol–water partition coefficient (Wildman–Crippen LogP) is 3.13. The van der Waals surface area contributed by atoms with E-state index >= 15 is 0 Å². The summed E-state index contributed by atoms with van der Waals surface area (Å²) < 4.78 is 29.5. The van der Waals surface area contributed by atoms with E-state index in [0.29, 0.717) is 11.3 Å². The molecule has 2 rings (SSSR count). The molecule has 0 radical (unpaired) electrons. The van der Waals surface area contributed by atoms with Crippen LogP contribution in [0.2, 0.25) is 0 Å². The molecule has 1 aromatic heterocycles. The summed E-state index contributed by atoms with van der Waals surface area (Å²) in [7, 11) is 0. The second kappa shape index (κ2) is 5.09. The molecule has 0 aliphatic rings. The Morgan fingerprint density at radius 1 is 1.26 bits per heavy atom. The molecular formula is C14H16F2N2O. The highest BCUT2D eigenvalue weighted by Crippen LogP contribution is 2.29. The number of aliphatic hydroxyl groups is 1. The zero-order valence-electron chi connectivity index (χ0n) is 11.1. The van der Waals surface area contributed by atoms with Crippen LogP contribution in [0.15, 0.2) is 24.7 Å². The van der Waals surface area contributed by atoms with Crippen LogP contribution in [0.4, 0.5) is 8.78 Å². The Bertz CT molecular complexity index is 593. The second-order valence-corrected chi connectivity index (χ2v) is 4.81. The van der Waals surface area contributed by atoms with Crippen LogP contribution in [0, 0.1) is 18.6 Å². The van der Waals surface area contributed by atoms with E-state index in [1.165, 1.54) is 25.5 Å². The van der Waals surface area contributed by atoms with Gasteiger partial charge in [-0.1, -0.05) is 6.07 Å². The van der Waals surface area contributed by atoms with Crippen molar-refractivity contribution in [1.29, 1.82) is 0 Å². The summed E-state index contributed by atoms with van der Waals surface area (Å²) in [4.78, 5) is 3.93. The van der Waals surface area contributed by atoms with Crippen LogP contribution < -0.4 is 0 Å². The maximum absolute atomic E-state index is 14.0. The Kier molecular flexibility index (Phi) is 3.66. The first-order valence-corrected chi connectivity index (χ1v) is 6.07. The van der Waals surface area contributed by atoms with Crippen molar-refractivity contribution >= 4 is 0 Å². The minimum absolute atomic E-state index is 0.0445. The van der Waals surface area contributed by atoms with Gasteiger partial charge in [0.05, 0.1) is 23.8 Å². The zero-order chi connectivity index (χ0) is 14.2. The number of halogens is 2. The van der Waals surface area contributed by atoms with Crippen molar-refractivity contribution in [3.05, 3.63) is 53.1 Å². The Labute approximate surface area is 110 Å². The first-order chi connectivity index (χ1) is 8.93. The summed E-state index contributed by atoms with van der Waals surface area (Å²) in [5.41, 5.74) is 0.340. The molecule has 2 aromatic rings. The third-order valence-electron chi connectivity index (χ3n) is 3.13. The van der Waals surface area contributed by atoms with E-state index in [1.807, 2.05) is 13.8 Å². The van der Waals surface area contributed by atoms with Crippen LogP contribution in [0.5, 0.6) is 0 Å². The molecule has 1 unspecified atom stereocenters. The average molecular weight is 266 g/mol. The summed E-state index contributed by atoms with van der Waals surface area (Å²) >= 11 is 0. The molecule has 19 heavy (non-hydrogen) atoms. The molecule has 0 fully saturated rings. The smallest absolute Gasteiger partial charge is 0.135 e. The van der Waals surface area contributed by atoms with Gasteiger partial charge in [-0.15, -0.1) is 0 Å². The molecule has 5 heteroatoms. The number of hydrogen-bond donors (Lipinski definition) is 1. The highest BCUT2D eigenvalue weighted by atomic mass is 19.1. The Morgan fingerprint density at radius 3 is 2.58 bits per heavy atom. The van der Waals surface area contributed by atoms with Gasteiger partial charge in [-0.05, 0) is 32.4 Å². The van der Waals surface area contributed by atoms with Gasteiger partial charge in [0.2, 0.25) is 0 Å². The monoisotopic (exact) mass is 266 g/mol. The molecule has 0 aliphatic heterocycles. The molecule has 1 N–H and O–H groups in total. The van der Waals surface area contributed by atoms with Crippen molar-refractivity contribution < 1.29 is 13.9 Å². The Hall–Kier alpha value is -1.75. The van der Waals surface area contributed by atoms with E-state index in [0.717, 1.165) is 6.07 Å². The van der Waals surface area contributed by atoms with Crippen LogP contribution >= 0.6 is 0 Å². The van der Waals surface area contributed by atoms with Crippen LogP contribution in [0.25, 0.3) is 0 Å². The number of imidazole rings is 1. The van der Waals surface area contributed by atoms with E-state index in [-0.39, 0.29) is 11.6 Å². The van der Waals surface area contributed by atoms with E-state index in [4.69, 9.17) is 0 Å². The van der Waals surface area contributed by atoms with Gasteiger partial charge in [0, 0.05) is 6.04 Å². The SMILES string of the molecule is Cc1ccc(F)c(C(O)c2cncn2C(C)C)c1F. The fraction of sp³-hybridized carbons (Fsp3) is 0.357. The van der Waals surface area contributed by atoms with Crippen LogP contribution in [0.1, 0.15) is 42.8 Å². The van der Waals surface area contributed by atoms with Crippen molar-refractivity contribution in [1.82, 2.24) is 9.55 Å². The number of nitrogens with zero attached hydrogens (tertiary/aromatic N) is 2. The summed E-state index contributed by atoms with van der Waals surface area (Å²) in [6.45, 7) is 5.34. The summed E-state index contributed by atoms with van der Waals surface area (Å²) in [6.07, 6.45) is 1.59. The first-order valence-electron chi connectivity index (χ1n) is 6.07. The van der Waals surface area contributed by atoms with E-state index < -0.39 is 17.7 Å². The molecule has 1 atom stereocenters. The zero-order valence-corrected chi connectivity index (χ0v) is 11.1. The standard InChI is InChI=1S/C14H16F2N2O/c1-8(2)18-7-17-6-11(18)14(19)12-10(15)5-4-9(3)13(12)16/h4-8,14,19H,1-3H3. The van der Waals surface area contributed by atoms with Crippen LogP contribution in [0.3, 0.4) is 0 Å². The Morgan fingerprint density at radius 2 is 1.95 bits per heavy atom. The highest BCUT2D eigenvalue weighted by Gasteiger charge is 2.24. The van der Waals surface area contributed by atoms with Gasteiger partial charge in [0.15, 0.2) is 0 Å². The molecule has 0 bridgehead atoms. The van der Waals surface area contributed by atoms with Crippen molar-refractivity contribution in [2.45, 2.75) is 32.9 Å².